The quantitative estimate of drug-likeness (QED) is 0.835. The molecule has 0 spiro atoms. The highest BCUT2D eigenvalue weighted by atomic mass is 15.2. The van der Waals surface area contributed by atoms with Crippen LogP contribution in [0.5, 0.6) is 0 Å². The largest absolute Gasteiger partial charge is 0.329 e. The predicted molar refractivity (Wildman–Crippen MR) is 63.1 cm³/mol. The lowest BCUT2D eigenvalue weighted by molar-refractivity contribution is 0.312. The van der Waals surface area contributed by atoms with Crippen molar-refractivity contribution >= 4 is 0 Å². The predicted octanol–water partition coefficient (Wildman–Crippen LogP) is 1.31. The van der Waals surface area contributed by atoms with Crippen molar-refractivity contribution in [1.29, 1.82) is 0 Å². The first-order chi connectivity index (χ1) is 7.75. The summed E-state index contributed by atoms with van der Waals surface area (Å²) in [4.78, 5) is 6.86. The second-order valence-corrected chi connectivity index (χ2v) is 5.18. The highest BCUT2D eigenvalue weighted by Gasteiger charge is 2.35. The first-order valence-electron chi connectivity index (χ1n) is 6.27. The molecule has 1 aliphatic heterocycles. The van der Waals surface area contributed by atoms with Gasteiger partial charge in [0.2, 0.25) is 0 Å². The third kappa shape index (κ3) is 1.76. The Labute approximate surface area is 96.4 Å². The van der Waals surface area contributed by atoms with Crippen molar-refractivity contribution in [3.63, 3.8) is 0 Å². The zero-order valence-electron chi connectivity index (χ0n) is 9.84. The van der Waals surface area contributed by atoms with Crippen LogP contribution in [0.3, 0.4) is 0 Å². The minimum Gasteiger partial charge on any atom is -0.329 e. The number of nitrogens with two attached hydrogens (primary N) is 1. The zero-order chi connectivity index (χ0) is 11.1. The number of aromatic nitrogens is 2. The highest BCUT2D eigenvalue weighted by Crippen LogP contribution is 2.34. The molecule has 88 valence electrons. The van der Waals surface area contributed by atoms with Crippen LogP contribution in [-0.4, -0.2) is 33.6 Å². The fraction of sp³-hybridized carbons (Fsp3) is 0.750. The van der Waals surface area contributed by atoms with E-state index in [9.17, 15) is 0 Å². The minimum absolute atomic E-state index is 0.0810. The lowest BCUT2D eigenvalue weighted by Gasteiger charge is -2.18. The molecule has 3 rings (SSSR count). The summed E-state index contributed by atoms with van der Waals surface area (Å²) in [6, 6.07) is 1.55. The summed E-state index contributed by atoms with van der Waals surface area (Å²) in [5, 5.41) is 0. The lowest BCUT2D eigenvalue weighted by atomic mass is 10.2. The van der Waals surface area contributed by atoms with E-state index in [1.165, 1.54) is 38.0 Å². The maximum Gasteiger partial charge on any atom is 0.0951 e. The van der Waals surface area contributed by atoms with Crippen LogP contribution in [0, 0.1) is 0 Å². The third-order valence-electron chi connectivity index (χ3n) is 3.81. The molecule has 0 aromatic carbocycles. The molecule has 0 radical (unpaired) electrons. The molecule has 2 aliphatic rings. The topological polar surface area (TPSA) is 47.1 Å². The van der Waals surface area contributed by atoms with E-state index in [2.05, 4.69) is 14.5 Å². The van der Waals surface area contributed by atoms with Crippen LogP contribution in [0.15, 0.2) is 12.5 Å². The van der Waals surface area contributed by atoms with Crippen molar-refractivity contribution in [2.45, 2.75) is 44.3 Å². The summed E-state index contributed by atoms with van der Waals surface area (Å²) >= 11 is 0. The summed E-state index contributed by atoms with van der Waals surface area (Å²) in [5.41, 5.74) is 7.13. The maximum absolute atomic E-state index is 5.96. The Kier molecular flexibility index (Phi) is 2.48. The molecule has 4 heteroatoms. The van der Waals surface area contributed by atoms with Gasteiger partial charge >= 0.3 is 0 Å². The Morgan fingerprint density at radius 1 is 1.38 bits per heavy atom. The number of nitrogens with zero attached hydrogens (tertiary/aromatic N) is 3. The van der Waals surface area contributed by atoms with Crippen molar-refractivity contribution in [2.75, 3.05) is 13.1 Å². The summed E-state index contributed by atoms with van der Waals surface area (Å²) in [5.74, 6) is 0. The molecule has 1 saturated carbocycles. The molecule has 2 N–H and O–H groups in total. The average Bonchev–Trinajstić information content (AvgIpc) is 2.83. The number of imidazole rings is 1. The molecule has 4 nitrogen and oxygen atoms in total. The van der Waals surface area contributed by atoms with Crippen LogP contribution in [0.1, 0.15) is 44.0 Å². The molecule has 1 aromatic heterocycles. The molecule has 1 aliphatic carbocycles. The summed E-state index contributed by atoms with van der Waals surface area (Å²) < 4.78 is 2.28. The molecule has 0 bridgehead atoms. The van der Waals surface area contributed by atoms with E-state index < -0.39 is 0 Å². The molecule has 2 atom stereocenters. The smallest absolute Gasteiger partial charge is 0.0951 e. The van der Waals surface area contributed by atoms with Gasteiger partial charge < -0.3 is 10.3 Å². The standard InChI is InChI=1S/C12H20N4/c1-9(13)12-6-14-8-16(12)11-4-5-15(7-11)10-2-3-10/h6,8-11H,2-5,7,13H2,1H3/t9-,11?/m1/s1. The number of likely N-dealkylation sites (tertiary alicyclic amines) is 1. The zero-order valence-corrected chi connectivity index (χ0v) is 9.84. The Balaban J connectivity index is 1.74. The number of hydrogen-bond donors (Lipinski definition) is 1. The summed E-state index contributed by atoms with van der Waals surface area (Å²) in [6.07, 6.45) is 7.89. The number of rotatable bonds is 3. The van der Waals surface area contributed by atoms with Gasteiger partial charge in [-0.05, 0) is 26.2 Å². The van der Waals surface area contributed by atoms with E-state index in [0.717, 1.165) is 6.04 Å². The van der Waals surface area contributed by atoms with Crippen LogP contribution >= 0.6 is 0 Å². The van der Waals surface area contributed by atoms with Gasteiger partial charge in [-0.15, -0.1) is 0 Å². The molecule has 16 heavy (non-hydrogen) atoms. The Hall–Kier alpha value is -0.870. The van der Waals surface area contributed by atoms with E-state index in [4.69, 9.17) is 5.73 Å². The van der Waals surface area contributed by atoms with Crippen molar-refractivity contribution in [2.24, 2.45) is 5.73 Å². The molecular formula is C12H20N4. The summed E-state index contributed by atoms with van der Waals surface area (Å²) in [7, 11) is 0. The van der Waals surface area contributed by atoms with Crippen molar-refractivity contribution in [3.8, 4) is 0 Å². The molecular weight excluding hydrogens is 200 g/mol. The Morgan fingerprint density at radius 2 is 2.19 bits per heavy atom. The fourth-order valence-electron chi connectivity index (χ4n) is 2.74. The fourth-order valence-corrected chi connectivity index (χ4v) is 2.74. The first kappa shape index (κ1) is 10.3. The first-order valence-corrected chi connectivity index (χ1v) is 6.27. The van der Waals surface area contributed by atoms with Crippen LogP contribution in [0.2, 0.25) is 0 Å². The Morgan fingerprint density at radius 3 is 2.88 bits per heavy atom. The van der Waals surface area contributed by atoms with Gasteiger partial charge in [0.25, 0.3) is 0 Å². The van der Waals surface area contributed by atoms with E-state index in [1.54, 1.807) is 0 Å². The van der Waals surface area contributed by atoms with Gasteiger partial charge in [0.15, 0.2) is 0 Å². The average molecular weight is 220 g/mol. The van der Waals surface area contributed by atoms with Gasteiger partial charge in [0, 0.05) is 37.4 Å². The number of hydrogen-bond acceptors (Lipinski definition) is 3. The van der Waals surface area contributed by atoms with Gasteiger partial charge in [-0.3, -0.25) is 4.90 Å². The summed E-state index contributed by atoms with van der Waals surface area (Å²) in [6.45, 7) is 4.45. The maximum atomic E-state index is 5.96. The molecule has 1 aromatic rings. The van der Waals surface area contributed by atoms with Crippen molar-refractivity contribution < 1.29 is 0 Å². The normalized spacial score (nSPS) is 28.5. The Bertz CT molecular complexity index is 367. The molecule has 1 saturated heterocycles. The van der Waals surface area contributed by atoms with Crippen LogP contribution < -0.4 is 5.73 Å². The van der Waals surface area contributed by atoms with E-state index in [-0.39, 0.29) is 6.04 Å². The van der Waals surface area contributed by atoms with E-state index in [0.29, 0.717) is 6.04 Å². The van der Waals surface area contributed by atoms with Gasteiger partial charge in [0.1, 0.15) is 0 Å². The lowest BCUT2D eigenvalue weighted by Crippen LogP contribution is -2.24. The molecule has 1 unspecified atom stereocenters. The van der Waals surface area contributed by atoms with Crippen LogP contribution in [0.4, 0.5) is 0 Å². The van der Waals surface area contributed by atoms with Gasteiger partial charge in [-0.1, -0.05) is 0 Å². The van der Waals surface area contributed by atoms with Gasteiger partial charge in [0.05, 0.1) is 12.0 Å². The minimum atomic E-state index is 0.0810. The second-order valence-electron chi connectivity index (χ2n) is 5.18. The van der Waals surface area contributed by atoms with Crippen LogP contribution in [0.25, 0.3) is 0 Å². The van der Waals surface area contributed by atoms with Crippen molar-refractivity contribution in [1.82, 2.24) is 14.5 Å². The second kappa shape index (κ2) is 3.86. The van der Waals surface area contributed by atoms with E-state index in [1.807, 2.05) is 19.4 Å². The third-order valence-corrected chi connectivity index (χ3v) is 3.81. The molecule has 2 heterocycles. The van der Waals surface area contributed by atoms with Crippen LogP contribution in [-0.2, 0) is 0 Å². The van der Waals surface area contributed by atoms with Gasteiger partial charge in [-0.25, -0.2) is 4.98 Å². The highest BCUT2D eigenvalue weighted by molar-refractivity contribution is 5.06. The van der Waals surface area contributed by atoms with E-state index >= 15 is 0 Å². The SMILES string of the molecule is C[C@@H](N)c1cncn1C1CCN(C2CC2)C1. The molecule has 2 fully saturated rings. The van der Waals surface area contributed by atoms with Gasteiger partial charge in [-0.2, -0.15) is 0 Å². The monoisotopic (exact) mass is 220 g/mol. The van der Waals surface area contributed by atoms with Crippen molar-refractivity contribution in [3.05, 3.63) is 18.2 Å². The molecule has 0 amide bonds.